The molecule has 0 bridgehead atoms. The van der Waals surface area contributed by atoms with Crippen molar-refractivity contribution in [3.63, 3.8) is 0 Å². The minimum Gasteiger partial charge on any atom is -0.591 e. The zero-order valence-electron chi connectivity index (χ0n) is 16.5. The second kappa shape index (κ2) is 11.4. The van der Waals surface area contributed by atoms with Crippen LogP contribution in [0.1, 0.15) is 77.0 Å². The molecule has 0 aromatic heterocycles. The third-order valence-corrected chi connectivity index (χ3v) is 6.71. The van der Waals surface area contributed by atoms with E-state index in [1.807, 2.05) is 0 Å². The van der Waals surface area contributed by atoms with Crippen molar-refractivity contribution in [1.29, 1.82) is 0 Å². The quantitative estimate of drug-likeness (QED) is 0.416. The molecule has 0 amide bonds. The molecule has 4 aliphatic rings. The number of hydrogen-bond acceptors (Lipinski definition) is 1. The zero-order chi connectivity index (χ0) is 13.4. The van der Waals surface area contributed by atoms with Crippen LogP contribution in [-0.2, 0) is 21.7 Å². The van der Waals surface area contributed by atoms with Crippen molar-refractivity contribution in [3.8, 4) is 0 Å². The summed E-state index contributed by atoms with van der Waals surface area (Å²) in [6.07, 6.45) is 17.5. The van der Waals surface area contributed by atoms with E-state index in [1.165, 1.54) is 83.6 Å². The maximum Gasteiger partial charge on any atom is 0 e. The third kappa shape index (κ3) is 5.09. The van der Waals surface area contributed by atoms with E-state index in [0.717, 1.165) is 23.8 Å². The third-order valence-electron chi connectivity index (χ3n) is 6.71. The monoisotopic (exact) mass is 368 g/mol. The normalized spacial score (nSPS) is 36.0. The van der Waals surface area contributed by atoms with Gasteiger partial charge in [0, 0.05) is 21.7 Å². The molecule has 2 nitrogen and oxygen atoms in total. The summed E-state index contributed by atoms with van der Waals surface area (Å²) in [4.78, 5) is 0. The Morgan fingerprint density at radius 1 is 0.667 bits per heavy atom. The molecular formula is C21H40N2Ti-4. The number of nitrogens with zero attached hydrogens (tertiary/aromatic N) is 2. The van der Waals surface area contributed by atoms with Gasteiger partial charge in [0.15, 0.2) is 0 Å². The van der Waals surface area contributed by atoms with Gasteiger partial charge in [-0.2, -0.15) is 0 Å². The standard InChI is InChI=1S/C18H31N2.3CH3.Ti/c1-2-8-14(7-1)13-20-18-12-6-4-10-16(18)15-9-3-5-11-17(15)19-20;;;;/h14-18H,1-13H2;3*1H3;/q4*-1;. The van der Waals surface area contributed by atoms with E-state index in [4.69, 9.17) is 5.43 Å². The minimum absolute atomic E-state index is 0. The van der Waals surface area contributed by atoms with Gasteiger partial charge in [0.1, 0.15) is 0 Å². The predicted octanol–water partition coefficient (Wildman–Crippen LogP) is 6.25. The number of fused-ring (bicyclic) bond motifs is 3. The van der Waals surface area contributed by atoms with E-state index in [9.17, 15) is 0 Å². The van der Waals surface area contributed by atoms with Crippen molar-refractivity contribution in [2.75, 3.05) is 6.54 Å². The predicted molar refractivity (Wildman–Crippen MR) is 103 cm³/mol. The Bertz CT molecular complexity index is 330. The van der Waals surface area contributed by atoms with E-state index in [-0.39, 0.29) is 44.0 Å². The van der Waals surface area contributed by atoms with Crippen LogP contribution in [0.3, 0.4) is 0 Å². The molecule has 0 spiro atoms. The first-order valence-corrected chi connectivity index (χ1v) is 9.39. The van der Waals surface area contributed by atoms with Gasteiger partial charge in [-0.15, -0.1) is 6.04 Å². The molecule has 3 aliphatic carbocycles. The summed E-state index contributed by atoms with van der Waals surface area (Å²) in [7, 11) is 0. The summed E-state index contributed by atoms with van der Waals surface area (Å²) in [5.41, 5.74) is 5.28. The second-order valence-corrected chi connectivity index (χ2v) is 7.92. The molecule has 0 radical (unpaired) electrons. The van der Waals surface area contributed by atoms with Crippen molar-refractivity contribution in [3.05, 3.63) is 27.7 Å². The maximum atomic E-state index is 5.28. The van der Waals surface area contributed by atoms with Gasteiger partial charge in [0.05, 0.1) is 0 Å². The molecule has 0 aromatic rings. The van der Waals surface area contributed by atoms with Crippen molar-refractivity contribution < 1.29 is 21.7 Å². The van der Waals surface area contributed by atoms with Gasteiger partial charge in [0.2, 0.25) is 0 Å². The summed E-state index contributed by atoms with van der Waals surface area (Å²) in [6.45, 7) is 1.30. The molecule has 3 heteroatoms. The van der Waals surface area contributed by atoms with E-state index in [1.54, 1.807) is 0 Å². The molecule has 1 saturated heterocycles. The smallest absolute Gasteiger partial charge is 0 e. The maximum absolute atomic E-state index is 5.28. The van der Waals surface area contributed by atoms with Crippen LogP contribution < -0.4 is 0 Å². The number of hydrogen-bond donors (Lipinski definition) is 0. The Hall–Kier alpha value is 0.634. The van der Waals surface area contributed by atoms with Crippen LogP contribution in [0.4, 0.5) is 0 Å². The first-order valence-electron chi connectivity index (χ1n) is 9.39. The van der Waals surface area contributed by atoms with Crippen molar-refractivity contribution in [2.24, 2.45) is 17.8 Å². The fourth-order valence-corrected chi connectivity index (χ4v) is 5.71. The molecule has 24 heavy (non-hydrogen) atoms. The first-order chi connectivity index (χ1) is 9.92. The van der Waals surface area contributed by atoms with E-state index in [0.29, 0.717) is 6.04 Å². The summed E-state index contributed by atoms with van der Waals surface area (Å²) in [5, 5.41) is 2.63. The Labute approximate surface area is 167 Å². The van der Waals surface area contributed by atoms with Gasteiger partial charge in [-0.1, -0.05) is 57.3 Å². The topological polar surface area (TPSA) is 17.3 Å². The summed E-state index contributed by atoms with van der Waals surface area (Å²) >= 11 is 0. The van der Waals surface area contributed by atoms with Gasteiger partial charge < -0.3 is 32.7 Å². The minimum atomic E-state index is 0. The molecule has 4 atom stereocenters. The summed E-state index contributed by atoms with van der Waals surface area (Å²) < 4.78 is 0. The van der Waals surface area contributed by atoms with E-state index < -0.39 is 0 Å². The Kier molecular flexibility index (Phi) is 11.7. The van der Waals surface area contributed by atoms with Crippen LogP contribution in [0.25, 0.3) is 5.43 Å². The summed E-state index contributed by atoms with van der Waals surface area (Å²) in [6, 6.07) is 1.52. The second-order valence-electron chi connectivity index (χ2n) is 7.92. The van der Waals surface area contributed by atoms with Crippen molar-refractivity contribution in [1.82, 2.24) is 5.01 Å². The van der Waals surface area contributed by atoms with Crippen LogP contribution in [0.5, 0.6) is 0 Å². The Balaban J connectivity index is 0.00000132. The molecular weight excluding hydrogens is 328 g/mol. The van der Waals surface area contributed by atoms with Crippen molar-refractivity contribution in [2.45, 2.75) is 89.1 Å². The molecule has 1 aliphatic heterocycles. The fourth-order valence-electron chi connectivity index (χ4n) is 5.71. The van der Waals surface area contributed by atoms with E-state index in [2.05, 4.69) is 5.01 Å². The van der Waals surface area contributed by atoms with Crippen LogP contribution in [0, 0.1) is 40.0 Å². The molecule has 4 rings (SSSR count). The Morgan fingerprint density at radius 3 is 1.92 bits per heavy atom. The average Bonchev–Trinajstić information content (AvgIpc) is 3.00. The van der Waals surface area contributed by atoms with Gasteiger partial charge in [0.25, 0.3) is 0 Å². The van der Waals surface area contributed by atoms with Gasteiger partial charge >= 0.3 is 0 Å². The number of rotatable bonds is 2. The molecule has 4 unspecified atom stereocenters. The van der Waals surface area contributed by atoms with Crippen LogP contribution in [-0.4, -0.2) is 23.6 Å². The zero-order valence-corrected chi connectivity index (χ0v) is 18.0. The van der Waals surface area contributed by atoms with Gasteiger partial charge in [-0.25, -0.2) is 0 Å². The first kappa shape index (κ1) is 24.6. The molecule has 4 fully saturated rings. The van der Waals surface area contributed by atoms with Crippen LogP contribution in [0.2, 0.25) is 0 Å². The molecule has 1 heterocycles. The average molecular weight is 368 g/mol. The molecule has 142 valence electrons. The largest absolute Gasteiger partial charge is 0.591 e. The van der Waals surface area contributed by atoms with Gasteiger partial charge in [-0.05, 0) is 50.1 Å². The molecule has 0 N–H and O–H groups in total. The van der Waals surface area contributed by atoms with Crippen LogP contribution in [0.15, 0.2) is 0 Å². The summed E-state index contributed by atoms with van der Waals surface area (Å²) in [5.74, 6) is 2.91. The van der Waals surface area contributed by atoms with Crippen molar-refractivity contribution >= 4 is 0 Å². The Morgan fingerprint density at radius 2 is 1.21 bits per heavy atom. The molecule has 3 saturated carbocycles. The SMILES string of the molecule is C1CCC(CN2[N-]C3CCCCC3C3CCCCC32)C1.[CH3-].[CH3-].[CH3-].[Ti]. The fraction of sp³-hybridized carbons (Fsp3) is 0.857. The van der Waals surface area contributed by atoms with Crippen LogP contribution >= 0.6 is 0 Å². The van der Waals surface area contributed by atoms with E-state index >= 15 is 0 Å². The van der Waals surface area contributed by atoms with Gasteiger partial charge in [-0.3, -0.25) is 0 Å². The molecule has 0 aromatic carbocycles.